The number of rotatable bonds is 1. The fourth-order valence-electron chi connectivity index (χ4n) is 3.28. The molecule has 0 unspecified atom stereocenters. The van der Waals surface area contributed by atoms with Crippen LogP contribution in [0.15, 0.2) is 23.9 Å². The maximum atomic E-state index is 12.6. The number of allylic oxidation sites excluding steroid dienone is 1. The van der Waals surface area contributed by atoms with Crippen molar-refractivity contribution in [3.8, 4) is 0 Å². The summed E-state index contributed by atoms with van der Waals surface area (Å²) in [7, 11) is 0. The zero-order chi connectivity index (χ0) is 12.9. The van der Waals surface area contributed by atoms with Crippen LogP contribution in [0.5, 0.6) is 0 Å². The third-order valence-corrected chi connectivity index (χ3v) is 4.12. The molecule has 1 aromatic rings. The number of fused-ring (bicyclic) bond motifs is 2. The van der Waals surface area contributed by atoms with Gasteiger partial charge in [0.25, 0.3) is 0 Å². The molecule has 18 heavy (non-hydrogen) atoms. The lowest BCUT2D eigenvalue weighted by atomic mass is 9.82. The summed E-state index contributed by atoms with van der Waals surface area (Å²) in [5, 5.41) is 10.1. The Morgan fingerprint density at radius 1 is 1.39 bits per heavy atom. The van der Waals surface area contributed by atoms with E-state index in [2.05, 4.69) is 0 Å². The molecule has 0 radical (unpaired) electrons. The fourth-order valence-corrected chi connectivity index (χ4v) is 3.28. The van der Waals surface area contributed by atoms with E-state index in [-0.39, 0.29) is 22.9 Å². The van der Waals surface area contributed by atoms with Crippen LogP contribution >= 0.6 is 0 Å². The zero-order valence-electron chi connectivity index (χ0n) is 10.3. The van der Waals surface area contributed by atoms with E-state index < -0.39 is 5.54 Å². The van der Waals surface area contributed by atoms with Crippen LogP contribution in [0.4, 0.5) is 0 Å². The average Bonchev–Trinajstić information content (AvgIpc) is 2.97. The van der Waals surface area contributed by atoms with Crippen molar-refractivity contribution >= 4 is 17.3 Å². The Labute approximate surface area is 105 Å². The highest BCUT2D eigenvalue weighted by Gasteiger charge is 2.49. The molecule has 1 aliphatic carbocycles. The number of carbonyl (C=O) groups is 2. The van der Waals surface area contributed by atoms with Gasteiger partial charge in [-0.1, -0.05) is 12.8 Å². The van der Waals surface area contributed by atoms with Crippen LogP contribution in [-0.4, -0.2) is 21.2 Å². The van der Waals surface area contributed by atoms with E-state index in [1.54, 1.807) is 6.07 Å². The molecular weight excluding hydrogens is 230 g/mol. The monoisotopic (exact) mass is 245 g/mol. The molecule has 94 valence electrons. The maximum absolute atomic E-state index is 12.6. The molecule has 2 heterocycles. The first-order valence-electron chi connectivity index (χ1n) is 6.25. The van der Waals surface area contributed by atoms with Crippen LogP contribution in [0.1, 0.15) is 38.3 Å². The highest BCUT2D eigenvalue weighted by molar-refractivity contribution is 6.26. The summed E-state index contributed by atoms with van der Waals surface area (Å²) in [5.41, 5.74) is -0.0729. The van der Waals surface area contributed by atoms with Gasteiger partial charge in [0.05, 0.1) is 5.69 Å². The SMILES string of the molecule is CC(=O)C1=C(O)c2cccn2C2(CCCC2)C1=O. The minimum Gasteiger partial charge on any atom is -0.505 e. The third-order valence-electron chi connectivity index (χ3n) is 4.12. The number of hydrogen-bond acceptors (Lipinski definition) is 3. The Balaban J connectivity index is 2.29. The summed E-state index contributed by atoms with van der Waals surface area (Å²) < 4.78 is 1.85. The number of aromatic nitrogens is 1. The second-order valence-corrected chi connectivity index (χ2v) is 5.11. The van der Waals surface area contributed by atoms with Crippen molar-refractivity contribution in [3.05, 3.63) is 29.6 Å². The van der Waals surface area contributed by atoms with Gasteiger partial charge in [-0.15, -0.1) is 0 Å². The van der Waals surface area contributed by atoms with Crippen molar-refractivity contribution in [2.24, 2.45) is 0 Å². The number of carbonyl (C=O) groups excluding carboxylic acids is 2. The molecule has 4 heteroatoms. The summed E-state index contributed by atoms with van der Waals surface area (Å²) in [4.78, 5) is 24.2. The van der Waals surface area contributed by atoms with Crippen LogP contribution in [0.3, 0.4) is 0 Å². The standard InChI is InChI=1S/C14H15NO3/c1-9(16)11-12(17)10-5-4-8-15(10)14(13(11)18)6-2-3-7-14/h4-5,8,17H,2-3,6-7H2,1H3. The van der Waals surface area contributed by atoms with Crippen LogP contribution in [0.2, 0.25) is 0 Å². The van der Waals surface area contributed by atoms with Gasteiger partial charge in [0.15, 0.2) is 17.3 Å². The second kappa shape index (κ2) is 3.57. The number of nitrogens with zero attached hydrogens (tertiary/aromatic N) is 1. The predicted octanol–water partition coefficient (Wildman–Crippen LogP) is 2.20. The van der Waals surface area contributed by atoms with Gasteiger partial charge < -0.3 is 9.67 Å². The topological polar surface area (TPSA) is 59.3 Å². The first kappa shape index (κ1) is 11.3. The van der Waals surface area contributed by atoms with Crippen molar-refractivity contribution < 1.29 is 14.7 Å². The average molecular weight is 245 g/mol. The molecule has 4 nitrogen and oxygen atoms in total. The summed E-state index contributed by atoms with van der Waals surface area (Å²) >= 11 is 0. The first-order valence-corrected chi connectivity index (χ1v) is 6.25. The lowest BCUT2D eigenvalue weighted by molar-refractivity contribution is -0.127. The second-order valence-electron chi connectivity index (χ2n) is 5.11. The van der Waals surface area contributed by atoms with Gasteiger partial charge in [0.1, 0.15) is 11.1 Å². The van der Waals surface area contributed by atoms with E-state index in [9.17, 15) is 14.7 Å². The van der Waals surface area contributed by atoms with Gasteiger partial charge in [0, 0.05) is 6.20 Å². The Morgan fingerprint density at radius 3 is 2.67 bits per heavy atom. The first-order chi connectivity index (χ1) is 8.58. The summed E-state index contributed by atoms with van der Waals surface area (Å²) in [6.07, 6.45) is 5.28. The molecule has 1 aromatic heterocycles. The fraction of sp³-hybridized carbons (Fsp3) is 0.429. The Kier molecular flexibility index (Phi) is 2.24. The maximum Gasteiger partial charge on any atom is 0.196 e. The van der Waals surface area contributed by atoms with Gasteiger partial charge >= 0.3 is 0 Å². The largest absolute Gasteiger partial charge is 0.505 e. The number of aliphatic hydroxyl groups excluding tert-OH is 1. The Hall–Kier alpha value is -1.84. The van der Waals surface area contributed by atoms with Gasteiger partial charge in [-0.25, -0.2) is 0 Å². The van der Waals surface area contributed by atoms with Crippen molar-refractivity contribution in [3.63, 3.8) is 0 Å². The van der Waals surface area contributed by atoms with Crippen LogP contribution in [0.25, 0.3) is 5.76 Å². The van der Waals surface area contributed by atoms with E-state index in [4.69, 9.17) is 0 Å². The number of Topliss-reactive ketones (excluding diaryl/α,β-unsaturated/α-hetero) is 2. The van der Waals surface area contributed by atoms with Gasteiger partial charge in [-0.2, -0.15) is 0 Å². The molecule has 1 N–H and O–H groups in total. The molecule has 1 spiro atoms. The number of ketones is 2. The molecule has 2 aliphatic rings. The van der Waals surface area contributed by atoms with Crippen molar-refractivity contribution in [1.82, 2.24) is 4.57 Å². The molecule has 3 rings (SSSR count). The normalized spacial score (nSPS) is 21.5. The molecule has 1 saturated carbocycles. The minimum absolute atomic E-state index is 0.0249. The third kappa shape index (κ3) is 1.20. The van der Waals surface area contributed by atoms with Gasteiger partial charge in [-0.05, 0) is 31.9 Å². The smallest absolute Gasteiger partial charge is 0.196 e. The summed E-state index contributed by atoms with van der Waals surface area (Å²) in [6, 6.07) is 3.56. The van der Waals surface area contributed by atoms with E-state index in [1.165, 1.54) is 6.92 Å². The molecular formula is C14H15NO3. The zero-order valence-corrected chi connectivity index (χ0v) is 10.3. The van der Waals surface area contributed by atoms with Crippen LogP contribution < -0.4 is 0 Å². The van der Waals surface area contributed by atoms with Crippen LogP contribution in [0, 0.1) is 0 Å². The Bertz CT molecular complexity index is 574. The molecule has 1 aliphatic heterocycles. The lowest BCUT2D eigenvalue weighted by Gasteiger charge is -2.35. The van der Waals surface area contributed by atoms with Gasteiger partial charge in [-0.3, -0.25) is 9.59 Å². The molecule has 0 atom stereocenters. The van der Waals surface area contributed by atoms with Crippen molar-refractivity contribution in [2.45, 2.75) is 38.1 Å². The molecule has 0 bridgehead atoms. The number of aliphatic hydroxyl groups is 1. The van der Waals surface area contributed by atoms with Crippen molar-refractivity contribution in [2.75, 3.05) is 0 Å². The van der Waals surface area contributed by atoms with Crippen molar-refractivity contribution in [1.29, 1.82) is 0 Å². The van der Waals surface area contributed by atoms with E-state index in [0.29, 0.717) is 5.69 Å². The molecule has 1 fully saturated rings. The lowest BCUT2D eigenvalue weighted by Crippen LogP contribution is -2.45. The molecule has 0 saturated heterocycles. The quantitative estimate of drug-likeness (QED) is 0.771. The summed E-state index contributed by atoms with van der Waals surface area (Å²) in [6.45, 7) is 1.34. The van der Waals surface area contributed by atoms with E-state index in [0.717, 1.165) is 25.7 Å². The predicted molar refractivity (Wildman–Crippen MR) is 66.1 cm³/mol. The Morgan fingerprint density at radius 2 is 2.06 bits per heavy atom. The highest BCUT2D eigenvalue weighted by Crippen LogP contribution is 2.44. The highest BCUT2D eigenvalue weighted by atomic mass is 16.3. The van der Waals surface area contributed by atoms with E-state index >= 15 is 0 Å². The van der Waals surface area contributed by atoms with E-state index in [1.807, 2.05) is 16.8 Å². The van der Waals surface area contributed by atoms with Crippen LogP contribution in [-0.2, 0) is 15.1 Å². The minimum atomic E-state index is -0.633. The van der Waals surface area contributed by atoms with Gasteiger partial charge in [0.2, 0.25) is 0 Å². The summed E-state index contributed by atoms with van der Waals surface area (Å²) in [5.74, 6) is -0.736. The number of hydrogen-bond donors (Lipinski definition) is 1. The molecule has 0 aromatic carbocycles. The molecule has 0 amide bonds.